The van der Waals surface area contributed by atoms with Gasteiger partial charge in [0.1, 0.15) is 5.82 Å². The predicted molar refractivity (Wildman–Crippen MR) is 106 cm³/mol. The van der Waals surface area contributed by atoms with Crippen LogP contribution >= 0.6 is 0 Å². The van der Waals surface area contributed by atoms with E-state index in [0.29, 0.717) is 44.2 Å². The van der Waals surface area contributed by atoms with Crippen molar-refractivity contribution in [2.24, 2.45) is 16.8 Å². The Morgan fingerprint density at radius 3 is 2.71 bits per heavy atom. The summed E-state index contributed by atoms with van der Waals surface area (Å²) < 4.78 is 18.5. The molecule has 7 nitrogen and oxygen atoms in total. The summed E-state index contributed by atoms with van der Waals surface area (Å²) in [6.45, 7) is 8.30. The SMILES string of the molecule is CCNC(=NCCNC(=O)c1ccc(C)c(F)c1)N1CC(C)C(C(=O)OC)C1. The number of hydrogen-bond acceptors (Lipinski definition) is 4. The number of aliphatic imine (C=N–C) groups is 1. The van der Waals surface area contributed by atoms with Crippen molar-refractivity contribution in [3.8, 4) is 0 Å². The Labute approximate surface area is 165 Å². The molecule has 0 radical (unpaired) electrons. The number of halogens is 1. The first-order chi connectivity index (χ1) is 13.4. The number of aryl methyl sites for hydroxylation is 1. The van der Waals surface area contributed by atoms with E-state index in [-0.39, 0.29) is 29.3 Å². The number of nitrogens with one attached hydrogen (secondary N) is 2. The Hall–Kier alpha value is -2.64. The van der Waals surface area contributed by atoms with Gasteiger partial charge in [-0.3, -0.25) is 14.6 Å². The molecule has 1 aliphatic rings. The highest BCUT2D eigenvalue weighted by Crippen LogP contribution is 2.24. The van der Waals surface area contributed by atoms with Gasteiger partial charge in [0.25, 0.3) is 5.91 Å². The van der Waals surface area contributed by atoms with Gasteiger partial charge in [0.2, 0.25) is 0 Å². The Kier molecular flexibility index (Phi) is 7.78. The van der Waals surface area contributed by atoms with Crippen molar-refractivity contribution in [3.05, 3.63) is 35.1 Å². The number of esters is 1. The lowest BCUT2D eigenvalue weighted by Gasteiger charge is -2.21. The molecule has 1 aliphatic heterocycles. The molecule has 1 fully saturated rings. The number of benzene rings is 1. The molecular formula is C20H29FN4O3. The van der Waals surface area contributed by atoms with E-state index in [4.69, 9.17) is 4.74 Å². The van der Waals surface area contributed by atoms with Gasteiger partial charge in [-0.25, -0.2) is 4.39 Å². The fourth-order valence-electron chi connectivity index (χ4n) is 3.19. The number of methoxy groups -OCH3 is 1. The topological polar surface area (TPSA) is 83.0 Å². The minimum Gasteiger partial charge on any atom is -0.469 e. The quantitative estimate of drug-likeness (QED) is 0.332. The lowest BCUT2D eigenvalue weighted by molar-refractivity contribution is -0.145. The number of carbonyl (C=O) groups is 2. The average molecular weight is 392 g/mol. The summed E-state index contributed by atoms with van der Waals surface area (Å²) in [5.41, 5.74) is 0.787. The maximum Gasteiger partial charge on any atom is 0.310 e. The fourth-order valence-corrected chi connectivity index (χ4v) is 3.19. The van der Waals surface area contributed by atoms with Crippen LogP contribution in [-0.4, -0.2) is 62.6 Å². The van der Waals surface area contributed by atoms with Gasteiger partial charge in [-0.05, 0) is 37.5 Å². The summed E-state index contributed by atoms with van der Waals surface area (Å²) in [4.78, 5) is 30.6. The summed E-state index contributed by atoms with van der Waals surface area (Å²) in [5.74, 6) is -0.236. The van der Waals surface area contributed by atoms with Crippen LogP contribution in [0.3, 0.4) is 0 Å². The van der Waals surface area contributed by atoms with E-state index in [2.05, 4.69) is 15.6 Å². The van der Waals surface area contributed by atoms with Crippen molar-refractivity contribution in [1.29, 1.82) is 0 Å². The molecule has 0 spiro atoms. The van der Waals surface area contributed by atoms with Crippen molar-refractivity contribution >= 4 is 17.8 Å². The first kappa shape index (κ1) is 21.7. The highest BCUT2D eigenvalue weighted by atomic mass is 19.1. The summed E-state index contributed by atoms with van der Waals surface area (Å²) in [6.07, 6.45) is 0. The highest BCUT2D eigenvalue weighted by Gasteiger charge is 2.36. The highest BCUT2D eigenvalue weighted by molar-refractivity contribution is 5.94. The van der Waals surface area contributed by atoms with Gasteiger partial charge in [-0.15, -0.1) is 0 Å². The maximum atomic E-state index is 13.6. The molecule has 0 aromatic heterocycles. The van der Waals surface area contributed by atoms with Crippen LogP contribution in [0.5, 0.6) is 0 Å². The summed E-state index contributed by atoms with van der Waals surface area (Å²) >= 11 is 0. The third-order valence-electron chi connectivity index (χ3n) is 4.84. The monoisotopic (exact) mass is 392 g/mol. The molecule has 1 aromatic rings. The number of likely N-dealkylation sites (tertiary alicyclic amines) is 1. The van der Waals surface area contributed by atoms with Crippen LogP contribution in [0.2, 0.25) is 0 Å². The Balaban J connectivity index is 1.91. The van der Waals surface area contributed by atoms with Gasteiger partial charge in [-0.1, -0.05) is 13.0 Å². The van der Waals surface area contributed by atoms with Crippen molar-refractivity contribution in [2.75, 3.05) is 39.8 Å². The summed E-state index contributed by atoms with van der Waals surface area (Å²) in [6, 6.07) is 4.41. The molecule has 2 rings (SSSR count). The smallest absolute Gasteiger partial charge is 0.310 e. The summed E-state index contributed by atoms with van der Waals surface area (Å²) in [7, 11) is 1.40. The zero-order valence-electron chi connectivity index (χ0n) is 16.9. The third-order valence-corrected chi connectivity index (χ3v) is 4.84. The molecule has 154 valence electrons. The van der Waals surface area contributed by atoms with Crippen LogP contribution in [-0.2, 0) is 9.53 Å². The second-order valence-corrected chi connectivity index (χ2v) is 6.97. The molecule has 2 N–H and O–H groups in total. The molecule has 0 bridgehead atoms. The minimum atomic E-state index is -0.400. The van der Waals surface area contributed by atoms with E-state index < -0.39 is 5.82 Å². The Morgan fingerprint density at radius 2 is 2.07 bits per heavy atom. The number of rotatable bonds is 6. The minimum absolute atomic E-state index is 0.174. The standard InChI is InChI=1S/C20H29FN4O3/c1-5-22-20(25-11-14(3)16(12-25)19(27)28-4)24-9-8-23-18(26)15-7-6-13(2)17(21)10-15/h6-7,10,14,16H,5,8-9,11-12H2,1-4H3,(H,22,24)(H,23,26). The molecule has 0 aliphatic carbocycles. The summed E-state index contributed by atoms with van der Waals surface area (Å²) in [5, 5.41) is 5.96. The van der Waals surface area contributed by atoms with Gasteiger partial charge in [0.05, 0.1) is 19.6 Å². The van der Waals surface area contributed by atoms with E-state index in [1.807, 2.05) is 18.7 Å². The van der Waals surface area contributed by atoms with Gasteiger partial charge in [-0.2, -0.15) is 0 Å². The number of guanidine groups is 1. The third kappa shape index (κ3) is 5.43. The van der Waals surface area contributed by atoms with E-state index >= 15 is 0 Å². The van der Waals surface area contributed by atoms with Gasteiger partial charge < -0.3 is 20.3 Å². The van der Waals surface area contributed by atoms with Crippen LogP contribution in [0.4, 0.5) is 4.39 Å². The molecular weight excluding hydrogens is 363 g/mol. The molecule has 1 heterocycles. The molecule has 8 heteroatoms. The lowest BCUT2D eigenvalue weighted by Crippen LogP contribution is -2.41. The zero-order chi connectivity index (χ0) is 20.7. The Bertz CT molecular complexity index is 738. The second kappa shape index (κ2) is 10.1. The lowest BCUT2D eigenvalue weighted by atomic mass is 9.99. The normalized spacial score (nSPS) is 19.5. The van der Waals surface area contributed by atoms with Gasteiger partial charge in [0.15, 0.2) is 5.96 Å². The van der Waals surface area contributed by atoms with Crippen molar-refractivity contribution in [1.82, 2.24) is 15.5 Å². The molecule has 1 saturated heterocycles. The van der Waals surface area contributed by atoms with Gasteiger partial charge in [0, 0.05) is 31.7 Å². The second-order valence-electron chi connectivity index (χ2n) is 6.97. The number of nitrogens with zero attached hydrogens (tertiary/aromatic N) is 2. The first-order valence-corrected chi connectivity index (χ1v) is 9.52. The number of hydrogen-bond donors (Lipinski definition) is 2. The van der Waals surface area contributed by atoms with Crippen molar-refractivity contribution in [3.63, 3.8) is 0 Å². The number of amides is 1. The molecule has 28 heavy (non-hydrogen) atoms. The Morgan fingerprint density at radius 1 is 1.32 bits per heavy atom. The molecule has 2 atom stereocenters. The molecule has 0 saturated carbocycles. The molecule has 1 aromatic carbocycles. The van der Waals surface area contributed by atoms with Crippen LogP contribution < -0.4 is 10.6 Å². The number of ether oxygens (including phenoxy) is 1. The number of carbonyl (C=O) groups excluding carboxylic acids is 2. The van der Waals surface area contributed by atoms with Crippen LogP contribution in [0.15, 0.2) is 23.2 Å². The van der Waals surface area contributed by atoms with Crippen LogP contribution in [0.1, 0.15) is 29.8 Å². The maximum absolute atomic E-state index is 13.6. The van der Waals surface area contributed by atoms with E-state index in [0.717, 1.165) is 0 Å². The zero-order valence-corrected chi connectivity index (χ0v) is 16.9. The van der Waals surface area contributed by atoms with E-state index in [1.165, 1.54) is 13.2 Å². The first-order valence-electron chi connectivity index (χ1n) is 9.52. The van der Waals surface area contributed by atoms with Crippen molar-refractivity contribution in [2.45, 2.75) is 20.8 Å². The van der Waals surface area contributed by atoms with Crippen LogP contribution in [0.25, 0.3) is 0 Å². The van der Waals surface area contributed by atoms with Gasteiger partial charge >= 0.3 is 5.97 Å². The molecule has 1 amide bonds. The average Bonchev–Trinajstić information content (AvgIpc) is 3.07. The van der Waals surface area contributed by atoms with E-state index in [1.54, 1.807) is 19.1 Å². The van der Waals surface area contributed by atoms with Crippen LogP contribution in [0, 0.1) is 24.6 Å². The molecule has 2 unspecified atom stereocenters. The van der Waals surface area contributed by atoms with E-state index in [9.17, 15) is 14.0 Å². The predicted octanol–water partition coefficient (Wildman–Crippen LogP) is 1.57. The van der Waals surface area contributed by atoms with Crippen molar-refractivity contribution < 1.29 is 18.7 Å². The largest absolute Gasteiger partial charge is 0.469 e. The fraction of sp³-hybridized carbons (Fsp3) is 0.550.